The molecule has 5 aliphatic rings. The van der Waals surface area contributed by atoms with Gasteiger partial charge in [-0.2, -0.15) is 15.6 Å². The number of pyridine rings is 2. The predicted molar refractivity (Wildman–Crippen MR) is 231 cm³/mol. The molecule has 322 valence electrons. The van der Waals surface area contributed by atoms with Gasteiger partial charge in [-0.05, 0) is 113 Å². The zero-order valence-corrected chi connectivity index (χ0v) is 35.3. The van der Waals surface area contributed by atoms with E-state index < -0.39 is 11.4 Å². The number of hydrogen-bond donors (Lipinski definition) is 1. The molecule has 2 amide bonds. The third-order valence-electron chi connectivity index (χ3n) is 12.3. The summed E-state index contributed by atoms with van der Waals surface area (Å²) in [6, 6.07) is 21.9. The number of H-pyrrole nitrogens is 1. The molecular formula is C47H47FN10O5. The van der Waals surface area contributed by atoms with Crippen LogP contribution in [0, 0.1) is 28.5 Å². The van der Waals surface area contributed by atoms with E-state index in [9.17, 15) is 14.4 Å². The molecule has 10 rings (SSSR count). The summed E-state index contributed by atoms with van der Waals surface area (Å²) in [5.41, 5.74) is 1.67. The molecule has 2 aromatic carbocycles. The minimum absolute atomic E-state index is 0.0179. The van der Waals surface area contributed by atoms with Crippen molar-refractivity contribution in [1.29, 1.82) is 10.5 Å². The monoisotopic (exact) mass is 850 g/mol. The largest absolute Gasteiger partial charge is 0.490 e. The SMILES string of the molecule is CC(C)(C)OC(=O)N1CCN(c2ccc(C#N)cn2)C2CC21.N#Cc1ccc(N2CCN(C(=O)c3cc(Cc4n[nH]c(=O)c5ccc(OC6CCC6)cc45)ccc3F)C3CC32)nc1. The molecule has 5 aromatic rings. The molecule has 0 bridgehead atoms. The van der Waals surface area contributed by atoms with Crippen molar-refractivity contribution in [3.05, 3.63) is 117 Å². The predicted octanol–water partition coefficient (Wildman–Crippen LogP) is 6.11. The summed E-state index contributed by atoms with van der Waals surface area (Å²) in [5, 5.41) is 25.9. The van der Waals surface area contributed by atoms with Crippen LogP contribution in [0.15, 0.2) is 77.9 Å². The number of aromatic nitrogens is 4. The van der Waals surface area contributed by atoms with Gasteiger partial charge in [0.2, 0.25) is 0 Å². The Morgan fingerprint density at radius 2 is 1.44 bits per heavy atom. The van der Waals surface area contributed by atoms with Gasteiger partial charge < -0.3 is 29.1 Å². The van der Waals surface area contributed by atoms with Crippen LogP contribution in [0.2, 0.25) is 0 Å². The fourth-order valence-corrected chi connectivity index (χ4v) is 8.67. The Morgan fingerprint density at radius 1 is 0.810 bits per heavy atom. The van der Waals surface area contributed by atoms with Crippen molar-refractivity contribution in [1.82, 2.24) is 30.0 Å². The van der Waals surface area contributed by atoms with Crippen LogP contribution in [0.1, 0.15) is 85.6 Å². The molecule has 3 aromatic heterocycles. The van der Waals surface area contributed by atoms with Gasteiger partial charge in [0.1, 0.15) is 40.9 Å². The molecule has 5 heterocycles. The second kappa shape index (κ2) is 16.7. The number of carbonyl (C=O) groups excluding carboxylic acids is 2. The Kier molecular flexibility index (Phi) is 10.9. The number of ether oxygens (including phenoxy) is 2. The van der Waals surface area contributed by atoms with Crippen molar-refractivity contribution >= 4 is 34.4 Å². The first-order valence-electron chi connectivity index (χ1n) is 21.4. The molecule has 0 radical (unpaired) electrons. The van der Waals surface area contributed by atoms with Crippen molar-refractivity contribution < 1.29 is 23.5 Å². The number of rotatable bonds is 7. The number of nitrogens with one attached hydrogen (secondary N) is 1. The Labute approximate surface area is 363 Å². The normalized spacial score (nSPS) is 21.1. The quantitative estimate of drug-likeness (QED) is 0.199. The lowest BCUT2D eigenvalue weighted by Gasteiger charge is -2.35. The van der Waals surface area contributed by atoms with Gasteiger partial charge in [0.25, 0.3) is 11.5 Å². The summed E-state index contributed by atoms with van der Waals surface area (Å²) >= 11 is 0. The molecule has 4 atom stereocenters. The first-order valence-corrected chi connectivity index (χ1v) is 21.4. The van der Waals surface area contributed by atoms with Crippen molar-refractivity contribution in [3.63, 3.8) is 0 Å². The van der Waals surface area contributed by atoms with Crippen LogP contribution in [-0.2, 0) is 11.2 Å². The molecule has 4 unspecified atom stereocenters. The molecule has 2 saturated heterocycles. The highest BCUT2D eigenvalue weighted by Crippen LogP contribution is 2.41. The number of benzene rings is 2. The molecular weight excluding hydrogens is 804 g/mol. The number of carbonyl (C=O) groups is 2. The van der Waals surface area contributed by atoms with E-state index in [0.717, 1.165) is 50.3 Å². The maximum absolute atomic E-state index is 15.0. The van der Waals surface area contributed by atoms with Crippen molar-refractivity contribution in [3.8, 4) is 17.9 Å². The number of nitrogens with zero attached hydrogens (tertiary/aromatic N) is 9. The summed E-state index contributed by atoms with van der Waals surface area (Å²) in [7, 11) is 0. The molecule has 63 heavy (non-hydrogen) atoms. The van der Waals surface area contributed by atoms with Crippen LogP contribution in [0.4, 0.5) is 20.8 Å². The molecule has 3 aliphatic carbocycles. The second-order valence-electron chi connectivity index (χ2n) is 17.7. The Morgan fingerprint density at radius 3 is 2.02 bits per heavy atom. The molecule has 16 heteroatoms. The lowest BCUT2D eigenvalue weighted by Crippen LogP contribution is -2.50. The minimum Gasteiger partial charge on any atom is -0.490 e. The number of aromatic amines is 1. The van der Waals surface area contributed by atoms with E-state index in [1.165, 1.54) is 6.07 Å². The lowest BCUT2D eigenvalue weighted by atomic mass is 9.96. The molecule has 15 nitrogen and oxygen atoms in total. The Balaban J connectivity index is 0.000000193. The summed E-state index contributed by atoms with van der Waals surface area (Å²) in [6.45, 7) is 8.04. The van der Waals surface area contributed by atoms with Crippen LogP contribution >= 0.6 is 0 Å². The zero-order chi connectivity index (χ0) is 44.0. The fraction of sp³-hybridized carbons (Fsp3) is 0.404. The van der Waals surface area contributed by atoms with Gasteiger partial charge in [0.15, 0.2) is 0 Å². The average Bonchev–Trinajstić information content (AvgIpc) is 4.21. The van der Waals surface area contributed by atoms with E-state index in [2.05, 4.69) is 42.1 Å². The number of piperazine rings is 2. The average molecular weight is 851 g/mol. The maximum atomic E-state index is 15.0. The summed E-state index contributed by atoms with van der Waals surface area (Å²) in [6.07, 6.45) is 8.35. The van der Waals surface area contributed by atoms with Gasteiger partial charge in [-0.15, -0.1) is 0 Å². The number of amides is 2. The van der Waals surface area contributed by atoms with Gasteiger partial charge in [0, 0.05) is 50.4 Å². The van der Waals surface area contributed by atoms with Gasteiger partial charge in [-0.1, -0.05) is 6.07 Å². The van der Waals surface area contributed by atoms with E-state index in [-0.39, 0.29) is 47.4 Å². The smallest absolute Gasteiger partial charge is 0.410 e. The van der Waals surface area contributed by atoms with E-state index in [4.69, 9.17) is 20.0 Å². The van der Waals surface area contributed by atoms with E-state index in [0.29, 0.717) is 71.0 Å². The third-order valence-corrected chi connectivity index (χ3v) is 12.3. The number of halogens is 1. The summed E-state index contributed by atoms with van der Waals surface area (Å²) in [5.74, 6) is 1.44. The second-order valence-corrected chi connectivity index (χ2v) is 17.7. The van der Waals surface area contributed by atoms with Crippen molar-refractivity contribution in [2.24, 2.45) is 0 Å². The van der Waals surface area contributed by atoms with Crippen LogP contribution in [-0.4, -0.2) is 104 Å². The summed E-state index contributed by atoms with van der Waals surface area (Å²) in [4.78, 5) is 54.9. The van der Waals surface area contributed by atoms with E-state index in [1.54, 1.807) is 53.7 Å². The maximum Gasteiger partial charge on any atom is 0.410 e. The lowest BCUT2D eigenvalue weighted by molar-refractivity contribution is 0.0218. The molecule has 2 aliphatic heterocycles. The van der Waals surface area contributed by atoms with Crippen LogP contribution in [0.5, 0.6) is 5.75 Å². The third kappa shape index (κ3) is 8.71. The first-order chi connectivity index (χ1) is 30.4. The fourth-order valence-electron chi connectivity index (χ4n) is 8.67. The van der Waals surface area contributed by atoms with E-state index >= 15 is 4.39 Å². The van der Waals surface area contributed by atoms with Crippen molar-refractivity contribution in [2.45, 2.75) is 95.2 Å². The highest BCUT2D eigenvalue weighted by atomic mass is 19.1. The van der Waals surface area contributed by atoms with Gasteiger partial charge >= 0.3 is 6.09 Å². The molecule has 3 saturated carbocycles. The number of fused-ring (bicyclic) bond motifs is 3. The highest BCUT2D eigenvalue weighted by Gasteiger charge is 2.53. The molecule has 1 N–H and O–H groups in total. The summed E-state index contributed by atoms with van der Waals surface area (Å²) < 4.78 is 26.5. The topological polar surface area (TPSA) is 185 Å². The Hall–Kier alpha value is -7.07. The van der Waals surface area contributed by atoms with Gasteiger partial charge in [0.05, 0.1) is 58.0 Å². The zero-order valence-electron chi connectivity index (χ0n) is 35.3. The number of hydrogen-bond acceptors (Lipinski definition) is 12. The van der Waals surface area contributed by atoms with Crippen LogP contribution < -0.4 is 20.1 Å². The standard InChI is InChI=1S/C31H27FN6O3.C16H20N4O2/c32-25-8-4-18(13-26-23-14-21(41-20-2-1-3-20)6-7-22(23)30(39)36-35-26)12-24(25)31(40)38-11-10-37(27-15-28(27)38)29-9-5-19(16-33)17-34-29;1-16(2,3)22-15(21)20-7-6-19(12-8-13(12)20)14-5-4-11(9-17)10-18-14/h4-9,12,14,17,20,27-28H,1-3,10-11,13,15H2,(H,36,39);4-5,10,12-13H,6-8H2,1-3H3. The van der Waals surface area contributed by atoms with Crippen LogP contribution in [0.25, 0.3) is 10.8 Å². The first kappa shape index (κ1) is 41.3. The Bertz CT molecular complexity index is 2700. The number of nitriles is 2. The van der Waals surface area contributed by atoms with Gasteiger partial charge in [-0.25, -0.2) is 24.3 Å². The highest BCUT2D eigenvalue weighted by molar-refractivity contribution is 5.95. The van der Waals surface area contributed by atoms with Crippen LogP contribution in [0.3, 0.4) is 0 Å². The van der Waals surface area contributed by atoms with Gasteiger partial charge in [-0.3, -0.25) is 9.59 Å². The van der Waals surface area contributed by atoms with Crippen molar-refractivity contribution in [2.75, 3.05) is 36.0 Å². The van der Waals surface area contributed by atoms with E-state index in [1.807, 2.05) is 43.9 Å². The minimum atomic E-state index is -0.567. The molecule has 5 fully saturated rings. The number of anilines is 2. The molecule has 0 spiro atoms.